The van der Waals surface area contributed by atoms with Crippen molar-refractivity contribution in [3.8, 4) is 0 Å². The molecule has 3 aliphatic heterocycles. The summed E-state index contributed by atoms with van der Waals surface area (Å²) >= 11 is 0. The van der Waals surface area contributed by atoms with Crippen molar-refractivity contribution in [2.75, 3.05) is 25.0 Å². The summed E-state index contributed by atoms with van der Waals surface area (Å²) in [6, 6.07) is 17.6. The number of imide groups is 1. The van der Waals surface area contributed by atoms with E-state index in [9.17, 15) is 9.59 Å². The highest BCUT2D eigenvalue weighted by atomic mass is 16.2. The summed E-state index contributed by atoms with van der Waals surface area (Å²) in [5.74, 6) is 0.282. The maximum atomic E-state index is 13.6. The van der Waals surface area contributed by atoms with Crippen molar-refractivity contribution in [3.63, 3.8) is 0 Å². The van der Waals surface area contributed by atoms with E-state index >= 15 is 0 Å². The minimum absolute atomic E-state index is 0.119. The zero-order valence-corrected chi connectivity index (χ0v) is 18.2. The molecule has 0 aliphatic carbocycles. The highest BCUT2D eigenvalue weighted by Crippen LogP contribution is 2.34. The van der Waals surface area contributed by atoms with Crippen LogP contribution in [-0.2, 0) is 11.3 Å². The van der Waals surface area contributed by atoms with Gasteiger partial charge < -0.3 is 9.80 Å². The molecule has 0 saturated carbocycles. The molecule has 1 N–H and O–H groups in total. The van der Waals surface area contributed by atoms with Crippen LogP contribution in [0, 0.1) is 12.8 Å². The van der Waals surface area contributed by atoms with Crippen LogP contribution in [0.15, 0.2) is 54.6 Å². The number of urea groups is 1. The number of benzene rings is 2. The van der Waals surface area contributed by atoms with Gasteiger partial charge in [-0.15, -0.1) is 0 Å². The lowest BCUT2D eigenvalue weighted by Gasteiger charge is -2.46. The van der Waals surface area contributed by atoms with E-state index in [4.69, 9.17) is 0 Å². The number of nitrogens with zero attached hydrogens (tertiary/aromatic N) is 4. The summed E-state index contributed by atoms with van der Waals surface area (Å²) in [6.45, 7) is 6.24. The van der Waals surface area contributed by atoms with Crippen molar-refractivity contribution in [2.24, 2.45) is 5.92 Å². The normalized spacial score (nSPS) is 28.7. The van der Waals surface area contributed by atoms with E-state index in [1.807, 2.05) is 49.4 Å². The van der Waals surface area contributed by atoms with Gasteiger partial charge in [0.15, 0.2) is 0 Å². The second-order valence-corrected chi connectivity index (χ2v) is 9.03. The summed E-state index contributed by atoms with van der Waals surface area (Å²) in [6.07, 6.45) is -0.456. The summed E-state index contributed by atoms with van der Waals surface area (Å²) in [5.41, 5.74) is 3.20. The number of fused-ring (bicyclic) bond motifs is 3. The third kappa shape index (κ3) is 3.38. The monoisotopic (exact) mass is 419 g/mol. The first-order valence-electron chi connectivity index (χ1n) is 10.9. The van der Waals surface area contributed by atoms with Crippen molar-refractivity contribution in [3.05, 3.63) is 65.7 Å². The van der Waals surface area contributed by atoms with Gasteiger partial charge >= 0.3 is 6.03 Å². The first kappa shape index (κ1) is 20.0. The summed E-state index contributed by atoms with van der Waals surface area (Å²) in [5, 5.41) is 3.58. The molecule has 3 amide bonds. The number of carbonyl (C=O) groups excluding carboxylic acids is 2. The quantitative estimate of drug-likeness (QED) is 0.828. The zero-order chi connectivity index (χ0) is 21.7. The molecule has 0 spiro atoms. The van der Waals surface area contributed by atoms with Crippen molar-refractivity contribution >= 4 is 17.6 Å². The molecule has 4 atom stereocenters. The molecule has 2 aromatic rings. The molecule has 3 fully saturated rings. The Morgan fingerprint density at radius 3 is 2.55 bits per heavy atom. The predicted molar refractivity (Wildman–Crippen MR) is 119 cm³/mol. The molecule has 3 aliphatic rings. The number of anilines is 1. The molecule has 7 nitrogen and oxygen atoms in total. The van der Waals surface area contributed by atoms with Crippen molar-refractivity contribution in [2.45, 2.75) is 38.9 Å². The van der Waals surface area contributed by atoms with Crippen LogP contribution < -0.4 is 10.2 Å². The Morgan fingerprint density at radius 2 is 1.81 bits per heavy atom. The number of hydrogen-bond acceptors (Lipinski definition) is 5. The smallest absolute Gasteiger partial charge is 0.328 e. The van der Waals surface area contributed by atoms with E-state index in [0.717, 1.165) is 29.9 Å². The Balaban J connectivity index is 1.46. The fourth-order valence-corrected chi connectivity index (χ4v) is 5.18. The van der Waals surface area contributed by atoms with Crippen molar-refractivity contribution < 1.29 is 9.59 Å². The molecule has 2 aromatic carbocycles. The molecule has 162 valence electrons. The highest BCUT2D eigenvalue weighted by Gasteiger charge is 2.56. The molecule has 0 bridgehead atoms. The molecule has 7 heteroatoms. The minimum atomic E-state index is -0.397. The third-order valence-corrected chi connectivity index (χ3v) is 6.60. The van der Waals surface area contributed by atoms with Gasteiger partial charge in [-0.25, -0.2) is 4.79 Å². The van der Waals surface area contributed by atoms with E-state index in [1.54, 1.807) is 11.9 Å². The van der Waals surface area contributed by atoms with E-state index in [1.165, 1.54) is 4.90 Å². The van der Waals surface area contributed by atoms with Crippen LogP contribution in [0.4, 0.5) is 10.5 Å². The molecule has 31 heavy (non-hydrogen) atoms. The number of para-hydroxylation sites is 1. The minimum Gasteiger partial charge on any atom is -0.343 e. The fourth-order valence-electron chi connectivity index (χ4n) is 5.18. The van der Waals surface area contributed by atoms with Gasteiger partial charge in [-0.1, -0.05) is 55.0 Å². The van der Waals surface area contributed by atoms with E-state index in [2.05, 4.69) is 34.2 Å². The lowest BCUT2D eigenvalue weighted by Crippen LogP contribution is -2.66. The van der Waals surface area contributed by atoms with Gasteiger partial charge in [0.2, 0.25) is 0 Å². The number of hydrogen-bond donors (Lipinski definition) is 1. The first-order chi connectivity index (χ1) is 14.9. The highest BCUT2D eigenvalue weighted by molar-refractivity contribution is 6.00. The van der Waals surface area contributed by atoms with Gasteiger partial charge in [0, 0.05) is 25.8 Å². The largest absolute Gasteiger partial charge is 0.343 e. The Labute approximate surface area is 183 Å². The molecule has 0 aromatic heterocycles. The Morgan fingerprint density at radius 1 is 1.03 bits per heavy atom. The van der Waals surface area contributed by atoms with Crippen LogP contribution in [0.5, 0.6) is 0 Å². The number of likely N-dealkylation sites (N-methyl/N-ethyl adjacent to an activating group) is 1. The Kier molecular flexibility index (Phi) is 4.95. The first-order valence-corrected chi connectivity index (χ1v) is 10.9. The molecule has 0 radical (unpaired) electrons. The predicted octanol–water partition coefficient (Wildman–Crippen LogP) is 2.43. The average Bonchev–Trinajstić information content (AvgIpc) is 3.15. The molecule has 4 unspecified atom stereocenters. The second-order valence-electron chi connectivity index (χ2n) is 9.03. The number of carbonyl (C=O) groups is 2. The van der Waals surface area contributed by atoms with Gasteiger partial charge in [-0.3, -0.25) is 19.9 Å². The van der Waals surface area contributed by atoms with Crippen LogP contribution in [0.25, 0.3) is 0 Å². The van der Waals surface area contributed by atoms with Gasteiger partial charge in [0.25, 0.3) is 5.91 Å². The molecular formula is C24H29N5O2. The van der Waals surface area contributed by atoms with Gasteiger partial charge in [0.1, 0.15) is 18.5 Å². The number of nitrogens with one attached hydrogen (secondary N) is 1. The second kappa shape index (κ2) is 7.66. The summed E-state index contributed by atoms with van der Waals surface area (Å²) in [7, 11) is 1.79. The lowest BCUT2D eigenvalue weighted by molar-refractivity contribution is -0.139. The number of amides is 3. The van der Waals surface area contributed by atoms with Gasteiger partial charge in [0.05, 0.1) is 6.54 Å². The number of aryl methyl sites for hydroxylation is 1. The lowest BCUT2D eigenvalue weighted by atomic mass is 10.0. The standard InChI is InChI=1S/C24H29N5O2/c1-16-8-7-9-18(12-16)15-29-22(30)20-21(26(3)24(29)31)25-23-27(13-17(2)14-28(20)23)19-10-5-4-6-11-19/h4-12,17,20-21,23,25H,13-15H2,1-3H3. The average molecular weight is 420 g/mol. The Hall–Kier alpha value is -2.90. The SMILES string of the molecule is Cc1cccc(CN2C(=O)C3C(NC4N(c5ccccc5)CC(C)CN34)N(C)C2=O)c1. The third-order valence-electron chi connectivity index (χ3n) is 6.60. The van der Waals surface area contributed by atoms with E-state index in [-0.39, 0.29) is 24.4 Å². The Bertz CT molecular complexity index is 996. The summed E-state index contributed by atoms with van der Waals surface area (Å²) < 4.78 is 0. The van der Waals surface area contributed by atoms with Crippen LogP contribution in [0.1, 0.15) is 18.1 Å². The summed E-state index contributed by atoms with van der Waals surface area (Å²) in [4.78, 5) is 34.4. The maximum absolute atomic E-state index is 13.6. The van der Waals surface area contributed by atoms with Gasteiger partial charge in [-0.2, -0.15) is 0 Å². The van der Waals surface area contributed by atoms with Crippen molar-refractivity contribution in [1.82, 2.24) is 20.0 Å². The molecule has 3 heterocycles. The zero-order valence-electron chi connectivity index (χ0n) is 18.2. The van der Waals surface area contributed by atoms with E-state index in [0.29, 0.717) is 12.5 Å². The van der Waals surface area contributed by atoms with Crippen LogP contribution in [0.2, 0.25) is 0 Å². The van der Waals surface area contributed by atoms with E-state index < -0.39 is 6.04 Å². The fraction of sp³-hybridized carbons (Fsp3) is 0.417. The maximum Gasteiger partial charge on any atom is 0.328 e. The molecule has 3 saturated heterocycles. The van der Waals surface area contributed by atoms with Crippen LogP contribution in [-0.4, -0.2) is 65.3 Å². The molecule has 5 rings (SSSR count). The van der Waals surface area contributed by atoms with Crippen LogP contribution in [0.3, 0.4) is 0 Å². The molecular weight excluding hydrogens is 390 g/mol. The van der Waals surface area contributed by atoms with Gasteiger partial charge in [-0.05, 0) is 30.5 Å². The topological polar surface area (TPSA) is 59.1 Å². The van der Waals surface area contributed by atoms with Crippen molar-refractivity contribution in [1.29, 1.82) is 0 Å². The number of rotatable bonds is 3. The van der Waals surface area contributed by atoms with Crippen LogP contribution >= 0.6 is 0 Å².